The Morgan fingerprint density at radius 3 is 3.00 bits per heavy atom. The van der Waals surface area contributed by atoms with E-state index in [9.17, 15) is 9.90 Å². The fraction of sp³-hybridized carbons (Fsp3) is 0.333. The van der Waals surface area contributed by atoms with E-state index in [4.69, 9.17) is 0 Å². The summed E-state index contributed by atoms with van der Waals surface area (Å²) in [6.45, 7) is 0.379. The van der Waals surface area contributed by atoms with Crippen LogP contribution in [0.15, 0.2) is 24.5 Å². The second-order valence-corrected chi connectivity index (χ2v) is 3.07. The van der Waals surface area contributed by atoms with Gasteiger partial charge >= 0.3 is 0 Å². The van der Waals surface area contributed by atoms with Crippen LogP contribution in [0.4, 0.5) is 5.69 Å². The number of carbonyl (C=O) groups excluding carboxylic acids is 1. The monoisotopic (exact) mass is 178 g/mol. The highest BCUT2D eigenvalue weighted by Crippen LogP contribution is 2.19. The van der Waals surface area contributed by atoms with E-state index in [-0.39, 0.29) is 12.3 Å². The molecule has 4 nitrogen and oxygen atoms in total. The van der Waals surface area contributed by atoms with Gasteiger partial charge in [0.1, 0.15) is 0 Å². The smallest absolute Gasteiger partial charge is 0.229 e. The lowest BCUT2D eigenvalue weighted by Crippen LogP contribution is -2.25. The number of β-amino-alcohol motifs (C(OH)–C–C–N with tert-alkyl or cyclic N) is 1. The minimum absolute atomic E-state index is 0.0412. The molecule has 1 saturated heterocycles. The van der Waals surface area contributed by atoms with Crippen LogP contribution in [0.25, 0.3) is 0 Å². The van der Waals surface area contributed by atoms with Gasteiger partial charge in [-0.25, -0.2) is 0 Å². The van der Waals surface area contributed by atoms with E-state index in [0.717, 1.165) is 5.69 Å². The predicted molar refractivity (Wildman–Crippen MR) is 47.2 cm³/mol. The first kappa shape index (κ1) is 8.19. The average Bonchev–Trinajstić information content (AvgIpc) is 2.47. The van der Waals surface area contributed by atoms with E-state index in [1.165, 1.54) is 0 Å². The van der Waals surface area contributed by atoms with Gasteiger partial charge in [-0.1, -0.05) is 0 Å². The van der Waals surface area contributed by atoms with Gasteiger partial charge in [0.25, 0.3) is 0 Å². The van der Waals surface area contributed by atoms with E-state index < -0.39 is 6.10 Å². The summed E-state index contributed by atoms with van der Waals surface area (Å²) in [6, 6.07) is 3.58. The molecule has 0 spiro atoms. The van der Waals surface area contributed by atoms with Gasteiger partial charge in [-0.2, -0.15) is 0 Å². The quantitative estimate of drug-likeness (QED) is 0.667. The van der Waals surface area contributed by atoms with Crippen molar-refractivity contribution < 1.29 is 9.90 Å². The maximum Gasteiger partial charge on any atom is 0.229 e. The molecular formula is C9H10N2O2. The molecule has 0 radical (unpaired) electrons. The van der Waals surface area contributed by atoms with Crippen molar-refractivity contribution in [1.29, 1.82) is 0 Å². The number of aliphatic hydroxyl groups is 1. The second kappa shape index (κ2) is 3.14. The number of aliphatic hydroxyl groups excluding tert-OH is 1. The van der Waals surface area contributed by atoms with E-state index >= 15 is 0 Å². The third kappa shape index (κ3) is 1.53. The summed E-state index contributed by atoms with van der Waals surface area (Å²) >= 11 is 0. The zero-order valence-electron chi connectivity index (χ0n) is 7.05. The second-order valence-electron chi connectivity index (χ2n) is 3.07. The molecule has 68 valence electrons. The lowest BCUT2D eigenvalue weighted by Gasteiger charge is -2.14. The van der Waals surface area contributed by atoms with Gasteiger partial charge in [0.2, 0.25) is 5.91 Å². The van der Waals surface area contributed by atoms with E-state index in [2.05, 4.69) is 4.98 Å². The van der Waals surface area contributed by atoms with Crippen molar-refractivity contribution in [3.8, 4) is 0 Å². The SMILES string of the molecule is O=C1CC(O)CN1c1cccnc1. The molecule has 0 aliphatic carbocycles. The molecule has 1 amide bonds. The van der Waals surface area contributed by atoms with Crippen LogP contribution >= 0.6 is 0 Å². The van der Waals surface area contributed by atoms with Crippen LogP contribution in [0.2, 0.25) is 0 Å². The molecule has 13 heavy (non-hydrogen) atoms. The van der Waals surface area contributed by atoms with Crippen molar-refractivity contribution >= 4 is 11.6 Å². The first-order valence-corrected chi connectivity index (χ1v) is 4.16. The Kier molecular flexibility index (Phi) is 1.98. The van der Waals surface area contributed by atoms with Gasteiger partial charge in [-0.05, 0) is 12.1 Å². The molecule has 0 aromatic carbocycles. The zero-order chi connectivity index (χ0) is 9.26. The fourth-order valence-electron chi connectivity index (χ4n) is 1.45. The molecular weight excluding hydrogens is 168 g/mol. The maximum absolute atomic E-state index is 11.3. The number of nitrogens with zero attached hydrogens (tertiary/aromatic N) is 2. The standard InChI is InChI=1S/C9H10N2O2/c12-8-4-9(13)11(6-8)7-2-1-3-10-5-7/h1-3,5,8,12H,4,6H2. The molecule has 2 heterocycles. The first-order chi connectivity index (χ1) is 6.27. The van der Waals surface area contributed by atoms with Crippen LogP contribution in [0.3, 0.4) is 0 Å². The van der Waals surface area contributed by atoms with Crippen molar-refractivity contribution in [2.24, 2.45) is 0 Å². The third-order valence-electron chi connectivity index (χ3n) is 2.06. The number of amides is 1. The Morgan fingerprint density at radius 2 is 2.46 bits per heavy atom. The van der Waals surface area contributed by atoms with Crippen LogP contribution in [0, 0.1) is 0 Å². The maximum atomic E-state index is 11.3. The number of hydrogen-bond donors (Lipinski definition) is 1. The minimum atomic E-state index is -0.535. The van der Waals surface area contributed by atoms with Crippen LogP contribution in [0.5, 0.6) is 0 Å². The van der Waals surface area contributed by atoms with Crippen molar-refractivity contribution in [2.75, 3.05) is 11.4 Å². The number of rotatable bonds is 1. The van der Waals surface area contributed by atoms with Crippen LogP contribution < -0.4 is 4.90 Å². The highest BCUT2D eigenvalue weighted by atomic mass is 16.3. The summed E-state index contributed by atoms with van der Waals surface area (Å²) < 4.78 is 0. The normalized spacial score (nSPS) is 22.4. The Bertz CT molecular complexity index is 313. The van der Waals surface area contributed by atoms with Crippen molar-refractivity contribution in [1.82, 2.24) is 4.98 Å². The molecule has 1 fully saturated rings. The molecule has 2 rings (SSSR count). The summed E-state index contributed by atoms with van der Waals surface area (Å²) in [6.07, 6.45) is 2.96. The molecule has 1 unspecified atom stereocenters. The average molecular weight is 178 g/mol. The van der Waals surface area contributed by atoms with Crippen molar-refractivity contribution in [2.45, 2.75) is 12.5 Å². The first-order valence-electron chi connectivity index (χ1n) is 4.16. The largest absolute Gasteiger partial charge is 0.391 e. The van der Waals surface area contributed by atoms with E-state index in [1.54, 1.807) is 23.4 Å². The number of hydrogen-bond acceptors (Lipinski definition) is 3. The topological polar surface area (TPSA) is 53.4 Å². The van der Waals surface area contributed by atoms with Gasteiger partial charge in [-0.15, -0.1) is 0 Å². The van der Waals surface area contributed by atoms with E-state index in [1.807, 2.05) is 6.07 Å². The predicted octanol–water partition coefficient (Wildman–Crippen LogP) is 0.179. The molecule has 4 heteroatoms. The molecule has 1 aliphatic heterocycles. The fourth-order valence-corrected chi connectivity index (χ4v) is 1.45. The van der Waals surface area contributed by atoms with Gasteiger partial charge in [-0.3, -0.25) is 9.78 Å². The zero-order valence-corrected chi connectivity index (χ0v) is 7.05. The molecule has 1 aliphatic rings. The highest BCUT2D eigenvalue weighted by Gasteiger charge is 2.28. The molecule has 0 bridgehead atoms. The van der Waals surface area contributed by atoms with Crippen LogP contribution in [0.1, 0.15) is 6.42 Å². The van der Waals surface area contributed by atoms with Crippen molar-refractivity contribution in [3.05, 3.63) is 24.5 Å². The highest BCUT2D eigenvalue weighted by molar-refractivity contribution is 5.95. The Balaban J connectivity index is 2.23. The van der Waals surface area contributed by atoms with Gasteiger partial charge in [0.05, 0.1) is 31.0 Å². The molecule has 1 atom stereocenters. The Hall–Kier alpha value is -1.42. The van der Waals surface area contributed by atoms with Crippen LogP contribution in [-0.4, -0.2) is 28.6 Å². The Morgan fingerprint density at radius 1 is 1.62 bits per heavy atom. The summed E-state index contributed by atoms with van der Waals surface area (Å²) in [5.74, 6) is -0.0412. The number of pyridine rings is 1. The summed E-state index contributed by atoms with van der Waals surface area (Å²) in [7, 11) is 0. The molecule has 1 aromatic heterocycles. The van der Waals surface area contributed by atoms with Crippen LogP contribution in [-0.2, 0) is 4.79 Å². The number of anilines is 1. The summed E-state index contributed by atoms with van der Waals surface area (Å²) in [5, 5.41) is 9.25. The lowest BCUT2D eigenvalue weighted by molar-refractivity contribution is -0.117. The number of aromatic nitrogens is 1. The summed E-state index contributed by atoms with van der Waals surface area (Å²) in [4.78, 5) is 16.8. The van der Waals surface area contributed by atoms with E-state index in [0.29, 0.717) is 6.54 Å². The Labute approximate surface area is 75.8 Å². The van der Waals surface area contributed by atoms with Gasteiger partial charge in [0.15, 0.2) is 0 Å². The lowest BCUT2D eigenvalue weighted by atomic mass is 10.3. The molecule has 1 N–H and O–H groups in total. The molecule has 0 saturated carbocycles. The third-order valence-corrected chi connectivity index (χ3v) is 2.06. The van der Waals surface area contributed by atoms with Gasteiger partial charge < -0.3 is 10.0 Å². The minimum Gasteiger partial charge on any atom is -0.391 e. The number of carbonyl (C=O) groups is 1. The molecule has 1 aromatic rings. The van der Waals surface area contributed by atoms with Crippen molar-refractivity contribution in [3.63, 3.8) is 0 Å². The summed E-state index contributed by atoms with van der Waals surface area (Å²) in [5.41, 5.74) is 0.754. The van der Waals surface area contributed by atoms with Gasteiger partial charge in [0, 0.05) is 6.20 Å².